The van der Waals surface area contributed by atoms with Crippen molar-refractivity contribution in [2.75, 3.05) is 31.5 Å². The van der Waals surface area contributed by atoms with Gasteiger partial charge in [0.2, 0.25) is 5.95 Å². The van der Waals surface area contributed by atoms with Gasteiger partial charge in [-0.1, -0.05) is 12.1 Å². The SMILES string of the molecule is COc1ccc(CN(C)c2cc(Nc3cccn(-c4cccs4)c3=O)nc3c(C(=O)N[C@@H]4CC[C@H]4OC)c(F)nn23)cc1. The van der Waals surface area contributed by atoms with Gasteiger partial charge in [0.1, 0.15) is 33.6 Å². The van der Waals surface area contributed by atoms with E-state index in [-0.39, 0.29) is 40.4 Å². The van der Waals surface area contributed by atoms with Gasteiger partial charge in [-0.2, -0.15) is 8.91 Å². The molecule has 0 aliphatic heterocycles. The number of hydrogen-bond acceptors (Lipinski definition) is 9. The largest absolute Gasteiger partial charge is 0.497 e. The van der Waals surface area contributed by atoms with E-state index >= 15 is 4.39 Å². The molecule has 1 saturated carbocycles. The average Bonchev–Trinajstić information content (AvgIpc) is 3.64. The molecule has 43 heavy (non-hydrogen) atoms. The molecule has 4 aromatic heterocycles. The number of pyridine rings is 1. The average molecular weight is 604 g/mol. The molecule has 0 radical (unpaired) electrons. The smallest absolute Gasteiger partial charge is 0.279 e. The van der Waals surface area contributed by atoms with E-state index in [0.29, 0.717) is 12.4 Å². The minimum Gasteiger partial charge on any atom is -0.497 e. The number of nitrogens with zero attached hydrogens (tertiary/aromatic N) is 5. The standard InChI is InChI=1S/C30H30FN7O4S/c1-36(17-18-8-10-19(41-2)11-9-18)24-16-23(32-21-6-4-14-37(30(21)40)25-7-5-15-43-25)34-28-26(27(31)35-38(24)28)29(39)33-20-12-13-22(20)42-3/h4-11,14-16,20,22H,12-13,17H2,1-3H3,(H,32,34)(H,33,39)/t20-,22-/m1/s1. The lowest BCUT2D eigenvalue weighted by atomic mass is 9.89. The van der Waals surface area contributed by atoms with Crippen LogP contribution in [0.3, 0.4) is 0 Å². The van der Waals surface area contributed by atoms with Gasteiger partial charge in [0.05, 0.1) is 19.3 Å². The van der Waals surface area contributed by atoms with Gasteiger partial charge >= 0.3 is 0 Å². The molecule has 2 N–H and O–H groups in total. The van der Waals surface area contributed by atoms with Gasteiger partial charge < -0.3 is 25.0 Å². The molecule has 0 bridgehead atoms. The van der Waals surface area contributed by atoms with Crippen LogP contribution in [0.4, 0.5) is 21.7 Å². The fourth-order valence-electron chi connectivity index (χ4n) is 5.06. The summed E-state index contributed by atoms with van der Waals surface area (Å²) in [6, 6.07) is 16.1. The van der Waals surface area contributed by atoms with Crippen LogP contribution in [0.25, 0.3) is 10.6 Å². The van der Waals surface area contributed by atoms with Crippen LogP contribution in [-0.2, 0) is 11.3 Å². The number of anilines is 3. The Morgan fingerprint density at radius 3 is 2.65 bits per heavy atom. The second-order valence-electron chi connectivity index (χ2n) is 10.2. The van der Waals surface area contributed by atoms with E-state index in [1.165, 1.54) is 20.4 Å². The highest BCUT2D eigenvalue weighted by molar-refractivity contribution is 7.12. The second kappa shape index (κ2) is 11.9. The molecule has 0 unspecified atom stereocenters. The normalized spacial score (nSPS) is 16.1. The van der Waals surface area contributed by atoms with Crippen molar-refractivity contribution < 1.29 is 18.7 Å². The van der Waals surface area contributed by atoms with Crippen molar-refractivity contribution in [2.45, 2.75) is 31.5 Å². The van der Waals surface area contributed by atoms with Crippen LogP contribution < -0.4 is 25.8 Å². The van der Waals surface area contributed by atoms with Crippen molar-refractivity contribution in [3.05, 3.63) is 93.6 Å². The third kappa shape index (κ3) is 5.56. The highest BCUT2D eigenvalue weighted by Gasteiger charge is 2.34. The van der Waals surface area contributed by atoms with E-state index < -0.39 is 11.9 Å². The molecule has 13 heteroatoms. The molecule has 5 aromatic rings. The van der Waals surface area contributed by atoms with E-state index in [1.54, 1.807) is 38.6 Å². The number of carbonyl (C=O) groups excluding carboxylic acids is 1. The van der Waals surface area contributed by atoms with Crippen LogP contribution in [0.5, 0.6) is 5.75 Å². The van der Waals surface area contributed by atoms with Gasteiger partial charge in [-0.3, -0.25) is 14.2 Å². The number of rotatable bonds is 10. The number of benzene rings is 1. The van der Waals surface area contributed by atoms with E-state index in [0.717, 1.165) is 29.2 Å². The highest BCUT2D eigenvalue weighted by Crippen LogP contribution is 2.28. The zero-order chi connectivity index (χ0) is 30.1. The van der Waals surface area contributed by atoms with Crippen molar-refractivity contribution in [1.82, 2.24) is 24.5 Å². The molecule has 6 rings (SSSR count). The molecular formula is C30H30FN7O4S. The minimum absolute atomic E-state index is 0.0133. The Kier molecular flexibility index (Phi) is 7.82. The summed E-state index contributed by atoms with van der Waals surface area (Å²) in [5, 5.41) is 12.7. The number of amides is 1. The number of hydrogen-bond donors (Lipinski definition) is 2. The summed E-state index contributed by atoms with van der Waals surface area (Å²) >= 11 is 1.44. The third-order valence-corrected chi connectivity index (χ3v) is 8.38. The second-order valence-corrected chi connectivity index (χ2v) is 11.1. The molecule has 222 valence electrons. The van der Waals surface area contributed by atoms with Crippen LogP contribution in [0.15, 0.2) is 71.0 Å². The van der Waals surface area contributed by atoms with Crippen molar-refractivity contribution >= 4 is 40.2 Å². The lowest BCUT2D eigenvalue weighted by Crippen LogP contribution is -2.51. The van der Waals surface area contributed by atoms with E-state index in [2.05, 4.69) is 20.7 Å². The summed E-state index contributed by atoms with van der Waals surface area (Å²) in [4.78, 5) is 33.1. The monoisotopic (exact) mass is 603 g/mol. The molecular weight excluding hydrogens is 573 g/mol. The Labute approximate surface area is 250 Å². The Balaban J connectivity index is 1.41. The first kappa shape index (κ1) is 28.4. The van der Waals surface area contributed by atoms with Crippen LogP contribution in [0.2, 0.25) is 0 Å². The fraction of sp³-hybridized carbons (Fsp3) is 0.267. The first-order valence-electron chi connectivity index (χ1n) is 13.7. The number of methoxy groups -OCH3 is 2. The number of carbonyl (C=O) groups is 1. The number of halogens is 1. The molecule has 1 amide bonds. The van der Waals surface area contributed by atoms with Crippen molar-refractivity contribution in [2.24, 2.45) is 0 Å². The summed E-state index contributed by atoms with van der Waals surface area (Å²) in [5.74, 6) is -0.152. The molecule has 4 heterocycles. The first-order chi connectivity index (χ1) is 20.9. The van der Waals surface area contributed by atoms with Crippen LogP contribution in [0, 0.1) is 5.95 Å². The summed E-state index contributed by atoms with van der Waals surface area (Å²) in [7, 11) is 5.01. The van der Waals surface area contributed by atoms with Crippen LogP contribution in [0.1, 0.15) is 28.8 Å². The quantitative estimate of drug-likeness (QED) is 0.242. The van der Waals surface area contributed by atoms with E-state index in [4.69, 9.17) is 9.47 Å². The molecule has 2 atom stereocenters. The summed E-state index contributed by atoms with van der Waals surface area (Å²) in [6.07, 6.45) is 3.10. The Bertz CT molecular complexity index is 1820. The molecule has 0 spiro atoms. The van der Waals surface area contributed by atoms with Crippen molar-refractivity contribution in [1.29, 1.82) is 0 Å². The summed E-state index contributed by atoms with van der Waals surface area (Å²) in [6.45, 7) is 0.430. The van der Waals surface area contributed by atoms with Crippen molar-refractivity contribution in [3.8, 4) is 10.8 Å². The lowest BCUT2D eigenvalue weighted by Gasteiger charge is -2.35. The molecule has 1 aliphatic rings. The van der Waals surface area contributed by atoms with Gasteiger partial charge in [-0.05, 0) is 60.2 Å². The van der Waals surface area contributed by atoms with Gasteiger partial charge in [-0.15, -0.1) is 16.4 Å². The molecule has 0 saturated heterocycles. The molecule has 1 aliphatic carbocycles. The predicted molar refractivity (Wildman–Crippen MR) is 163 cm³/mol. The minimum atomic E-state index is -0.950. The number of aromatic nitrogens is 4. The molecule has 11 nitrogen and oxygen atoms in total. The van der Waals surface area contributed by atoms with Crippen LogP contribution in [-0.4, -0.2) is 58.5 Å². The van der Waals surface area contributed by atoms with Gasteiger partial charge in [-0.25, -0.2) is 4.98 Å². The number of ether oxygens (including phenoxy) is 2. The van der Waals surface area contributed by atoms with Crippen LogP contribution >= 0.6 is 11.3 Å². The number of fused-ring (bicyclic) bond motifs is 1. The zero-order valence-electron chi connectivity index (χ0n) is 23.8. The van der Waals surface area contributed by atoms with Crippen molar-refractivity contribution in [3.63, 3.8) is 0 Å². The highest BCUT2D eigenvalue weighted by atomic mass is 32.1. The lowest BCUT2D eigenvalue weighted by molar-refractivity contribution is 0.00725. The fourth-order valence-corrected chi connectivity index (χ4v) is 5.77. The number of nitrogens with one attached hydrogen (secondary N) is 2. The van der Waals surface area contributed by atoms with Gasteiger partial charge in [0.15, 0.2) is 5.65 Å². The predicted octanol–water partition coefficient (Wildman–Crippen LogP) is 4.38. The zero-order valence-corrected chi connectivity index (χ0v) is 24.6. The topological polar surface area (TPSA) is 115 Å². The maximum absolute atomic E-state index is 15.4. The van der Waals surface area contributed by atoms with E-state index in [9.17, 15) is 9.59 Å². The molecule has 1 fully saturated rings. The van der Waals surface area contributed by atoms with Gasteiger partial charge in [0.25, 0.3) is 11.5 Å². The van der Waals surface area contributed by atoms with E-state index in [1.807, 2.05) is 53.7 Å². The first-order valence-corrected chi connectivity index (χ1v) is 14.5. The van der Waals surface area contributed by atoms with Gasteiger partial charge in [0, 0.05) is 33.0 Å². The Morgan fingerprint density at radius 1 is 1.16 bits per heavy atom. The Morgan fingerprint density at radius 2 is 1.98 bits per heavy atom. The third-order valence-electron chi connectivity index (χ3n) is 7.51. The summed E-state index contributed by atoms with van der Waals surface area (Å²) < 4.78 is 28.9. The maximum atomic E-state index is 15.4. The Hall–Kier alpha value is -4.75. The molecule has 1 aromatic carbocycles. The summed E-state index contributed by atoms with van der Waals surface area (Å²) in [5.41, 5.74) is 0.673. The maximum Gasteiger partial charge on any atom is 0.279 e. The number of thiophene rings is 1.